The van der Waals surface area contributed by atoms with Crippen LogP contribution in [-0.2, 0) is 0 Å². The van der Waals surface area contributed by atoms with Crippen molar-refractivity contribution in [3.63, 3.8) is 0 Å². The molecule has 0 aliphatic rings. The van der Waals surface area contributed by atoms with Crippen LogP contribution in [-0.4, -0.2) is 18.2 Å². The molecule has 0 atom stereocenters. The van der Waals surface area contributed by atoms with Gasteiger partial charge in [0.05, 0.1) is 0 Å². The Morgan fingerprint density at radius 3 is 2.11 bits per heavy atom. The van der Waals surface area contributed by atoms with E-state index >= 15 is 0 Å². The average Bonchev–Trinajstić information content (AvgIpc) is 1.64. The van der Waals surface area contributed by atoms with Gasteiger partial charge in [0.25, 0.3) is 0 Å². The molecule has 0 heterocycles. The molecule has 2 nitrogen and oxygen atoms in total. The molecule has 52 valence electrons. The second-order valence-electron chi connectivity index (χ2n) is 1.23. The molecule has 0 saturated carbocycles. The molecule has 0 unspecified atom stereocenters. The Hall–Kier alpha value is -0.870. The van der Waals surface area contributed by atoms with E-state index in [0.29, 0.717) is 0 Å². The molecule has 0 bridgehead atoms. The Kier molecular flexibility index (Phi) is 2.36. The molecule has 0 fully saturated rings. The maximum atomic E-state index is 11.3. The van der Waals surface area contributed by atoms with Crippen molar-refractivity contribution in [2.24, 2.45) is 4.99 Å². The van der Waals surface area contributed by atoms with Crippen LogP contribution >= 0.6 is 0 Å². The summed E-state index contributed by atoms with van der Waals surface area (Å²) < 4.78 is 33.9. The lowest BCUT2D eigenvalue weighted by atomic mass is 10.6. The monoisotopic (exact) mass is 138 g/mol. The minimum absolute atomic E-state index is 0.926. The summed E-state index contributed by atoms with van der Waals surface area (Å²) in [4.78, 5) is 2.73. The van der Waals surface area contributed by atoms with Gasteiger partial charge in [-0.15, -0.1) is 0 Å². The third-order valence-corrected chi connectivity index (χ3v) is 0.527. The quantitative estimate of drug-likeness (QED) is 0.390. The third-order valence-electron chi connectivity index (χ3n) is 0.527. The predicted octanol–water partition coefficient (Wildman–Crippen LogP) is 1.62. The van der Waals surface area contributed by atoms with E-state index in [1.54, 1.807) is 0 Å². The summed E-state index contributed by atoms with van der Waals surface area (Å²) in [5, 5.41) is 6.22. The Bertz CT molecular complexity index is 135. The summed E-state index contributed by atoms with van der Waals surface area (Å²) in [5.74, 6) is -1.56. The van der Waals surface area contributed by atoms with Crippen molar-refractivity contribution in [2.45, 2.75) is 13.1 Å². The molecule has 0 aromatic carbocycles. The first kappa shape index (κ1) is 8.13. The molecule has 0 aliphatic carbocycles. The smallest absolute Gasteiger partial charge is 0.279 e. The molecule has 0 radical (unpaired) electrons. The summed E-state index contributed by atoms with van der Waals surface area (Å²) in [5.41, 5.74) is 0. The number of nitrogens with zero attached hydrogens (tertiary/aromatic N) is 1. The Labute approximate surface area is 49.9 Å². The summed E-state index contributed by atoms with van der Waals surface area (Å²) in [6, 6.07) is 0. The first-order valence-corrected chi connectivity index (χ1v) is 2.13. The fourth-order valence-corrected chi connectivity index (χ4v) is 0.202. The number of amidine groups is 1. The highest BCUT2D eigenvalue weighted by Gasteiger charge is 2.33. The van der Waals surface area contributed by atoms with E-state index in [4.69, 9.17) is 5.41 Å². The molecule has 0 rings (SSSR count). The Balaban J connectivity index is 4.06. The fraction of sp³-hybridized carbons (Fsp3) is 0.500. The zero-order valence-corrected chi connectivity index (χ0v) is 4.66. The van der Waals surface area contributed by atoms with Gasteiger partial charge in [-0.05, 0) is 6.92 Å². The highest BCUT2D eigenvalue weighted by atomic mass is 19.4. The summed E-state index contributed by atoms with van der Waals surface area (Å²) in [7, 11) is 0. The molecule has 0 spiro atoms. The van der Waals surface area contributed by atoms with Gasteiger partial charge >= 0.3 is 6.18 Å². The molecule has 1 N–H and O–H groups in total. The van der Waals surface area contributed by atoms with Crippen molar-refractivity contribution in [2.75, 3.05) is 0 Å². The van der Waals surface area contributed by atoms with E-state index in [1.165, 1.54) is 6.92 Å². The zero-order valence-electron chi connectivity index (χ0n) is 4.66. The lowest BCUT2D eigenvalue weighted by molar-refractivity contribution is -0.0604. The van der Waals surface area contributed by atoms with Gasteiger partial charge in [-0.25, -0.2) is 4.99 Å². The van der Waals surface area contributed by atoms with Crippen molar-refractivity contribution < 1.29 is 13.2 Å². The van der Waals surface area contributed by atoms with Crippen LogP contribution in [0, 0.1) is 5.41 Å². The van der Waals surface area contributed by atoms with Gasteiger partial charge in [0, 0.05) is 6.21 Å². The maximum absolute atomic E-state index is 11.3. The molecule has 0 amide bonds. The first-order chi connectivity index (χ1) is 3.98. The molecule has 5 heteroatoms. The van der Waals surface area contributed by atoms with Gasteiger partial charge < -0.3 is 0 Å². The summed E-state index contributed by atoms with van der Waals surface area (Å²) >= 11 is 0. The van der Waals surface area contributed by atoms with Gasteiger partial charge in [0.15, 0.2) is 0 Å². The van der Waals surface area contributed by atoms with Crippen molar-refractivity contribution in [3.05, 3.63) is 0 Å². The Morgan fingerprint density at radius 1 is 1.56 bits per heavy atom. The number of halogens is 3. The van der Waals surface area contributed by atoms with Gasteiger partial charge in [-0.1, -0.05) is 0 Å². The van der Waals surface area contributed by atoms with Crippen molar-refractivity contribution >= 4 is 12.1 Å². The molecule has 0 aromatic heterocycles. The molecular weight excluding hydrogens is 133 g/mol. The van der Waals surface area contributed by atoms with E-state index in [1.807, 2.05) is 0 Å². The zero-order chi connectivity index (χ0) is 7.49. The first-order valence-electron chi connectivity index (χ1n) is 2.13. The summed E-state index contributed by atoms with van der Waals surface area (Å²) in [6.45, 7) is 1.32. The van der Waals surface area contributed by atoms with Crippen LogP contribution in [0.5, 0.6) is 0 Å². The number of alkyl halides is 3. The maximum Gasteiger partial charge on any atom is 0.450 e. The number of hydrogen-bond acceptors (Lipinski definition) is 1. The molecule has 0 saturated heterocycles. The average molecular weight is 138 g/mol. The van der Waals surface area contributed by atoms with Crippen LogP contribution in [0.4, 0.5) is 13.2 Å². The third kappa shape index (κ3) is 2.84. The van der Waals surface area contributed by atoms with Gasteiger partial charge in [0.2, 0.25) is 5.84 Å². The highest BCUT2D eigenvalue weighted by molar-refractivity contribution is 5.90. The van der Waals surface area contributed by atoms with Gasteiger partial charge in [-0.3, -0.25) is 5.41 Å². The number of rotatable bonds is 0. The molecular formula is C4H5F3N2. The lowest BCUT2D eigenvalue weighted by Gasteiger charge is -2.00. The lowest BCUT2D eigenvalue weighted by Crippen LogP contribution is -2.19. The normalized spacial score (nSPS) is 12.4. The van der Waals surface area contributed by atoms with E-state index in [0.717, 1.165) is 6.21 Å². The Morgan fingerprint density at radius 2 is 2.00 bits per heavy atom. The van der Waals surface area contributed by atoms with E-state index in [2.05, 4.69) is 4.99 Å². The van der Waals surface area contributed by atoms with Crippen LogP contribution in [0.1, 0.15) is 6.92 Å². The van der Waals surface area contributed by atoms with Crippen LogP contribution < -0.4 is 0 Å². The largest absolute Gasteiger partial charge is 0.450 e. The van der Waals surface area contributed by atoms with Crippen molar-refractivity contribution in [1.82, 2.24) is 0 Å². The number of nitrogens with one attached hydrogen (secondary N) is 1. The van der Waals surface area contributed by atoms with Gasteiger partial charge in [-0.2, -0.15) is 13.2 Å². The van der Waals surface area contributed by atoms with E-state index in [-0.39, 0.29) is 0 Å². The minimum Gasteiger partial charge on any atom is -0.279 e. The minimum atomic E-state index is -4.60. The molecule has 0 aromatic rings. The van der Waals surface area contributed by atoms with Crippen LogP contribution in [0.2, 0.25) is 0 Å². The number of aliphatic imine (C=N–C) groups is 1. The highest BCUT2D eigenvalue weighted by Crippen LogP contribution is 2.16. The SMILES string of the molecule is C/C=N\C(=N)C(F)(F)F. The molecule has 0 aliphatic heterocycles. The predicted molar refractivity (Wildman–Crippen MR) is 27.9 cm³/mol. The molecule has 9 heavy (non-hydrogen) atoms. The number of hydrogen-bond donors (Lipinski definition) is 1. The van der Waals surface area contributed by atoms with Crippen molar-refractivity contribution in [3.8, 4) is 0 Å². The summed E-state index contributed by atoms with van der Waals surface area (Å²) in [6.07, 6.45) is -3.68. The standard InChI is InChI=1S/C4H5F3N2/c1-2-9-3(8)4(5,6)7/h2,8H,1H3/b8-3?,9-2-. The second-order valence-corrected chi connectivity index (χ2v) is 1.23. The van der Waals surface area contributed by atoms with Gasteiger partial charge in [0.1, 0.15) is 0 Å². The van der Waals surface area contributed by atoms with Crippen LogP contribution in [0.25, 0.3) is 0 Å². The van der Waals surface area contributed by atoms with E-state index in [9.17, 15) is 13.2 Å². The van der Waals surface area contributed by atoms with Crippen molar-refractivity contribution in [1.29, 1.82) is 5.41 Å². The van der Waals surface area contributed by atoms with E-state index < -0.39 is 12.0 Å². The topological polar surface area (TPSA) is 36.2 Å². The fourth-order valence-electron chi connectivity index (χ4n) is 0.202. The van der Waals surface area contributed by atoms with Crippen LogP contribution in [0.3, 0.4) is 0 Å². The van der Waals surface area contributed by atoms with Crippen LogP contribution in [0.15, 0.2) is 4.99 Å². The second kappa shape index (κ2) is 2.61.